The number of carbonyl (C=O) groups is 3. The summed E-state index contributed by atoms with van der Waals surface area (Å²) < 4.78 is 10.3. The minimum atomic E-state index is -0.830. The van der Waals surface area contributed by atoms with Gasteiger partial charge in [-0.2, -0.15) is 0 Å². The standard InChI is InChI=1S/C22H24N2O5/c1-15-8-9-18(12-16(15)2)23-20(25)11-10-19-21(26)29-14-24(19)22(27)28-13-17-6-4-3-5-7-17/h3-9,12,19H,10-11,13-14H2,1-2H3,(H,23,25). The number of aryl methyl sites for hydroxylation is 2. The van der Waals surface area contributed by atoms with Gasteiger partial charge < -0.3 is 14.8 Å². The van der Waals surface area contributed by atoms with Crippen molar-refractivity contribution in [3.63, 3.8) is 0 Å². The minimum absolute atomic E-state index is 0.0785. The Kier molecular flexibility index (Phi) is 6.49. The van der Waals surface area contributed by atoms with Gasteiger partial charge in [-0.3, -0.25) is 9.69 Å². The summed E-state index contributed by atoms with van der Waals surface area (Å²) in [5.74, 6) is -0.758. The number of benzene rings is 2. The molecule has 0 bridgehead atoms. The molecule has 7 heteroatoms. The highest BCUT2D eigenvalue weighted by Crippen LogP contribution is 2.19. The highest BCUT2D eigenvalue weighted by molar-refractivity contribution is 5.91. The van der Waals surface area contributed by atoms with Crippen LogP contribution in [-0.2, 0) is 25.7 Å². The molecule has 2 amide bonds. The zero-order valence-electron chi connectivity index (χ0n) is 16.5. The Morgan fingerprint density at radius 3 is 2.62 bits per heavy atom. The number of nitrogens with one attached hydrogen (secondary N) is 1. The number of carbonyl (C=O) groups excluding carboxylic acids is 3. The summed E-state index contributed by atoms with van der Waals surface area (Å²) in [4.78, 5) is 37.8. The average molecular weight is 396 g/mol. The van der Waals surface area contributed by atoms with Crippen LogP contribution in [0.15, 0.2) is 48.5 Å². The molecule has 1 aliphatic heterocycles. The second-order valence-electron chi connectivity index (χ2n) is 7.00. The van der Waals surface area contributed by atoms with Crippen molar-refractivity contribution in [2.24, 2.45) is 0 Å². The van der Waals surface area contributed by atoms with Crippen molar-refractivity contribution >= 4 is 23.7 Å². The van der Waals surface area contributed by atoms with E-state index in [0.717, 1.165) is 16.7 Å². The fourth-order valence-corrected chi connectivity index (χ4v) is 3.01. The van der Waals surface area contributed by atoms with E-state index in [-0.39, 0.29) is 32.1 Å². The molecule has 0 radical (unpaired) electrons. The summed E-state index contributed by atoms with van der Waals surface area (Å²) >= 11 is 0. The highest BCUT2D eigenvalue weighted by Gasteiger charge is 2.38. The Balaban J connectivity index is 1.52. The number of esters is 1. The fraction of sp³-hybridized carbons (Fsp3) is 0.318. The number of ether oxygens (including phenoxy) is 2. The van der Waals surface area contributed by atoms with E-state index in [0.29, 0.717) is 5.69 Å². The lowest BCUT2D eigenvalue weighted by Crippen LogP contribution is -2.39. The van der Waals surface area contributed by atoms with Crippen LogP contribution in [-0.4, -0.2) is 35.6 Å². The molecule has 2 aromatic carbocycles. The van der Waals surface area contributed by atoms with Crippen LogP contribution in [0.5, 0.6) is 0 Å². The van der Waals surface area contributed by atoms with E-state index < -0.39 is 18.1 Å². The molecule has 0 saturated carbocycles. The lowest BCUT2D eigenvalue weighted by atomic mass is 10.1. The third kappa shape index (κ3) is 5.34. The van der Waals surface area contributed by atoms with Crippen LogP contribution in [0, 0.1) is 13.8 Å². The fourth-order valence-electron chi connectivity index (χ4n) is 3.01. The Morgan fingerprint density at radius 2 is 1.90 bits per heavy atom. The first kappa shape index (κ1) is 20.4. The molecule has 1 saturated heterocycles. The van der Waals surface area contributed by atoms with Crippen molar-refractivity contribution in [3.8, 4) is 0 Å². The molecular formula is C22H24N2O5. The van der Waals surface area contributed by atoms with Crippen molar-refractivity contribution in [2.75, 3.05) is 12.0 Å². The summed E-state index contributed by atoms with van der Waals surface area (Å²) in [6.07, 6.45) is -0.398. The maximum absolute atomic E-state index is 12.4. The first-order valence-electron chi connectivity index (χ1n) is 9.45. The van der Waals surface area contributed by atoms with Gasteiger partial charge in [0.05, 0.1) is 0 Å². The topological polar surface area (TPSA) is 84.9 Å². The largest absolute Gasteiger partial charge is 0.444 e. The second-order valence-corrected chi connectivity index (χ2v) is 7.00. The summed E-state index contributed by atoms with van der Waals surface area (Å²) in [5, 5.41) is 2.81. The molecule has 1 N–H and O–H groups in total. The Hall–Kier alpha value is -3.35. The smallest absolute Gasteiger partial charge is 0.413 e. The maximum atomic E-state index is 12.4. The van der Waals surface area contributed by atoms with Gasteiger partial charge in [-0.1, -0.05) is 36.4 Å². The van der Waals surface area contributed by atoms with Crippen LogP contribution in [0.4, 0.5) is 10.5 Å². The number of amides is 2. The molecule has 0 spiro atoms. The first-order valence-corrected chi connectivity index (χ1v) is 9.45. The van der Waals surface area contributed by atoms with Crippen LogP contribution in [0.3, 0.4) is 0 Å². The van der Waals surface area contributed by atoms with Crippen molar-refractivity contribution < 1.29 is 23.9 Å². The number of rotatable bonds is 6. The SMILES string of the molecule is Cc1ccc(NC(=O)CCC2C(=O)OCN2C(=O)OCc2ccccc2)cc1C. The molecule has 1 aliphatic rings. The van der Waals surface area contributed by atoms with Crippen molar-refractivity contribution in [3.05, 3.63) is 65.2 Å². The third-order valence-electron chi connectivity index (χ3n) is 4.87. The van der Waals surface area contributed by atoms with Crippen LogP contribution in [0.2, 0.25) is 0 Å². The molecule has 1 atom stereocenters. The third-order valence-corrected chi connectivity index (χ3v) is 4.87. The van der Waals surface area contributed by atoms with E-state index in [1.807, 2.05) is 62.4 Å². The minimum Gasteiger partial charge on any atom is -0.444 e. The Labute approximate surface area is 169 Å². The number of anilines is 1. The lowest BCUT2D eigenvalue weighted by molar-refractivity contribution is -0.139. The van der Waals surface area contributed by atoms with Gasteiger partial charge in [-0.05, 0) is 49.1 Å². The molecule has 29 heavy (non-hydrogen) atoms. The number of hydrogen-bond acceptors (Lipinski definition) is 5. The maximum Gasteiger partial charge on any atom is 0.413 e. The van der Waals surface area contributed by atoms with Gasteiger partial charge in [0.25, 0.3) is 0 Å². The monoisotopic (exact) mass is 396 g/mol. The Bertz CT molecular complexity index is 897. The molecule has 1 heterocycles. The summed E-state index contributed by atoms with van der Waals surface area (Å²) in [5.41, 5.74) is 3.76. The van der Waals surface area contributed by atoms with Crippen molar-refractivity contribution in [1.29, 1.82) is 0 Å². The van der Waals surface area contributed by atoms with Gasteiger partial charge in [0.1, 0.15) is 12.6 Å². The molecule has 7 nitrogen and oxygen atoms in total. The number of nitrogens with zero attached hydrogens (tertiary/aromatic N) is 1. The van der Waals surface area contributed by atoms with E-state index in [1.54, 1.807) is 0 Å². The number of cyclic esters (lactones) is 1. The van der Waals surface area contributed by atoms with Gasteiger partial charge in [0, 0.05) is 12.1 Å². The van der Waals surface area contributed by atoms with Gasteiger partial charge in [0.15, 0.2) is 6.73 Å². The summed E-state index contributed by atoms with van der Waals surface area (Å²) in [6.45, 7) is 3.90. The van der Waals surface area contributed by atoms with Crippen LogP contribution >= 0.6 is 0 Å². The van der Waals surface area contributed by atoms with Crippen molar-refractivity contribution in [2.45, 2.75) is 39.3 Å². The molecular weight excluding hydrogens is 372 g/mol. The molecule has 2 aromatic rings. The normalized spacial score (nSPS) is 15.7. The number of hydrogen-bond donors (Lipinski definition) is 1. The first-order chi connectivity index (χ1) is 13.9. The predicted octanol–water partition coefficient (Wildman–Crippen LogP) is 3.54. The van der Waals surface area contributed by atoms with E-state index in [4.69, 9.17) is 9.47 Å². The van der Waals surface area contributed by atoms with Crippen molar-refractivity contribution in [1.82, 2.24) is 4.90 Å². The van der Waals surface area contributed by atoms with E-state index >= 15 is 0 Å². The Morgan fingerprint density at radius 1 is 1.14 bits per heavy atom. The quantitative estimate of drug-likeness (QED) is 0.755. The lowest BCUT2D eigenvalue weighted by Gasteiger charge is -2.19. The van der Waals surface area contributed by atoms with E-state index in [1.165, 1.54) is 4.90 Å². The molecule has 1 unspecified atom stereocenters. The van der Waals surface area contributed by atoms with Gasteiger partial charge in [-0.25, -0.2) is 9.59 Å². The average Bonchev–Trinajstić information content (AvgIpc) is 3.08. The molecule has 152 valence electrons. The van der Waals surface area contributed by atoms with Crippen LogP contribution < -0.4 is 5.32 Å². The second kappa shape index (κ2) is 9.23. The summed E-state index contributed by atoms with van der Waals surface area (Å²) in [7, 11) is 0. The summed E-state index contributed by atoms with van der Waals surface area (Å²) in [6, 6.07) is 14.1. The molecule has 0 aliphatic carbocycles. The highest BCUT2D eigenvalue weighted by atomic mass is 16.6. The van der Waals surface area contributed by atoms with Gasteiger partial charge >= 0.3 is 12.1 Å². The van der Waals surface area contributed by atoms with Crippen LogP contribution in [0.1, 0.15) is 29.5 Å². The van der Waals surface area contributed by atoms with E-state index in [9.17, 15) is 14.4 Å². The molecule has 0 aromatic heterocycles. The zero-order chi connectivity index (χ0) is 20.8. The van der Waals surface area contributed by atoms with Gasteiger partial charge in [0.2, 0.25) is 5.91 Å². The zero-order valence-corrected chi connectivity index (χ0v) is 16.5. The predicted molar refractivity (Wildman–Crippen MR) is 107 cm³/mol. The molecule has 1 fully saturated rings. The van der Waals surface area contributed by atoms with E-state index in [2.05, 4.69) is 5.32 Å². The molecule has 3 rings (SSSR count). The van der Waals surface area contributed by atoms with Gasteiger partial charge in [-0.15, -0.1) is 0 Å². The van der Waals surface area contributed by atoms with Crippen LogP contribution in [0.25, 0.3) is 0 Å².